The molecular weight excluding hydrogens is 421 g/mol. The highest BCUT2D eigenvalue weighted by Crippen LogP contribution is 2.43. The highest BCUT2D eigenvalue weighted by molar-refractivity contribution is 6.17. The van der Waals surface area contributed by atoms with Crippen LogP contribution in [0.5, 0.6) is 0 Å². The van der Waals surface area contributed by atoms with Crippen LogP contribution in [-0.4, -0.2) is 38.4 Å². The Bertz CT molecular complexity index is 1340. The van der Waals surface area contributed by atoms with Gasteiger partial charge < -0.3 is 16.0 Å². The number of nitrogens with zero attached hydrogens (tertiary/aromatic N) is 3. The average molecular weight is 440 g/mol. The first-order valence-electron chi connectivity index (χ1n) is 10.1. The molecule has 1 atom stereocenters. The lowest BCUT2D eigenvalue weighted by atomic mass is 10.00. The van der Waals surface area contributed by atoms with Gasteiger partial charge in [0, 0.05) is 35.1 Å². The zero-order valence-corrected chi connectivity index (χ0v) is 17.0. The summed E-state index contributed by atoms with van der Waals surface area (Å²) >= 11 is 0. The van der Waals surface area contributed by atoms with E-state index in [4.69, 9.17) is 5.73 Å². The number of hydrogen-bond donors (Lipinski definition) is 3. The average Bonchev–Trinajstić information content (AvgIpc) is 3.51. The van der Waals surface area contributed by atoms with E-state index in [1.54, 1.807) is 12.4 Å². The molecule has 7 nitrogen and oxygen atoms in total. The number of nitrogen functional groups attached to an aromatic ring is 1. The number of aryl methyl sites for hydroxylation is 1. The SMILES string of the molecule is Cc1cc2c(cc1-c1cnc(N)nc1)[nH]c1c(C=O)cnc(NC(C3CC3)C(F)(F)F)c12. The number of alkyl halides is 3. The van der Waals surface area contributed by atoms with Crippen molar-refractivity contribution in [1.29, 1.82) is 0 Å². The lowest BCUT2D eigenvalue weighted by molar-refractivity contribution is -0.146. The van der Waals surface area contributed by atoms with Crippen LogP contribution in [0.4, 0.5) is 24.9 Å². The summed E-state index contributed by atoms with van der Waals surface area (Å²) < 4.78 is 40.9. The van der Waals surface area contributed by atoms with Gasteiger partial charge in [0.15, 0.2) is 6.29 Å². The number of rotatable bonds is 5. The Kier molecular flexibility index (Phi) is 4.54. The molecule has 0 aliphatic heterocycles. The smallest absolute Gasteiger partial charge is 0.368 e. The molecule has 1 unspecified atom stereocenters. The molecule has 164 valence electrons. The van der Waals surface area contributed by atoms with E-state index in [0.29, 0.717) is 40.9 Å². The van der Waals surface area contributed by atoms with Crippen LogP contribution in [0.3, 0.4) is 0 Å². The maximum atomic E-state index is 13.6. The summed E-state index contributed by atoms with van der Waals surface area (Å²) in [6, 6.07) is 2.04. The lowest BCUT2D eigenvalue weighted by Crippen LogP contribution is -2.38. The van der Waals surface area contributed by atoms with E-state index in [9.17, 15) is 18.0 Å². The molecule has 1 saturated carbocycles. The van der Waals surface area contributed by atoms with Gasteiger partial charge in [0.1, 0.15) is 11.9 Å². The molecule has 0 amide bonds. The van der Waals surface area contributed by atoms with E-state index in [-0.39, 0.29) is 17.3 Å². The number of nitrogens with one attached hydrogen (secondary N) is 2. The van der Waals surface area contributed by atoms with Gasteiger partial charge in [-0.2, -0.15) is 13.2 Å². The van der Waals surface area contributed by atoms with Crippen molar-refractivity contribution < 1.29 is 18.0 Å². The van der Waals surface area contributed by atoms with Crippen LogP contribution in [0.2, 0.25) is 0 Å². The summed E-state index contributed by atoms with van der Waals surface area (Å²) in [5.74, 6) is -0.207. The number of halogens is 3. The van der Waals surface area contributed by atoms with Crippen molar-refractivity contribution in [1.82, 2.24) is 19.9 Å². The van der Waals surface area contributed by atoms with Gasteiger partial charge in [0.25, 0.3) is 0 Å². The minimum absolute atomic E-state index is 0.106. The number of carbonyl (C=O) groups is 1. The van der Waals surface area contributed by atoms with Gasteiger partial charge in [0.2, 0.25) is 5.95 Å². The molecule has 3 aromatic heterocycles. The van der Waals surface area contributed by atoms with E-state index >= 15 is 0 Å². The fourth-order valence-electron chi connectivity index (χ4n) is 4.11. The Balaban J connectivity index is 1.70. The van der Waals surface area contributed by atoms with Gasteiger partial charge in [-0.25, -0.2) is 15.0 Å². The Morgan fingerprint density at radius 3 is 2.53 bits per heavy atom. The van der Waals surface area contributed by atoms with Crippen molar-refractivity contribution in [3.05, 3.63) is 41.9 Å². The van der Waals surface area contributed by atoms with Gasteiger partial charge in [0.05, 0.1) is 16.5 Å². The van der Waals surface area contributed by atoms with Crippen molar-refractivity contribution in [2.45, 2.75) is 32.0 Å². The molecule has 5 rings (SSSR count). The number of aromatic amines is 1. The van der Waals surface area contributed by atoms with Gasteiger partial charge in [-0.15, -0.1) is 0 Å². The second kappa shape index (κ2) is 7.18. The van der Waals surface area contributed by atoms with Crippen molar-refractivity contribution in [2.75, 3.05) is 11.1 Å². The maximum absolute atomic E-state index is 13.6. The molecule has 3 heterocycles. The predicted octanol–water partition coefficient (Wildman–Crippen LogP) is 4.63. The number of aldehydes is 1. The van der Waals surface area contributed by atoms with Crippen LogP contribution in [-0.2, 0) is 0 Å². The molecular formula is C22H19F3N6O. The molecule has 1 fully saturated rings. The second-order valence-corrected chi connectivity index (χ2v) is 8.10. The summed E-state index contributed by atoms with van der Waals surface area (Å²) in [6.07, 6.45) is 1.78. The van der Waals surface area contributed by atoms with Crippen molar-refractivity contribution in [2.24, 2.45) is 5.92 Å². The van der Waals surface area contributed by atoms with E-state index in [2.05, 4.69) is 25.3 Å². The van der Waals surface area contributed by atoms with E-state index in [0.717, 1.165) is 16.7 Å². The third-order valence-electron chi connectivity index (χ3n) is 5.85. The quantitative estimate of drug-likeness (QED) is 0.391. The maximum Gasteiger partial charge on any atom is 0.408 e. The van der Waals surface area contributed by atoms with Crippen LogP contribution >= 0.6 is 0 Å². The summed E-state index contributed by atoms with van der Waals surface area (Å²) in [5.41, 5.74) is 9.39. The van der Waals surface area contributed by atoms with E-state index < -0.39 is 18.1 Å². The molecule has 1 aliphatic rings. The first kappa shape index (κ1) is 20.2. The number of H-pyrrole nitrogens is 1. The van der Waals surface area contributed by atoms with Gasteiger partial charge in [-0.1, -0.05) is 0 Å². The Labute approximate surface area is 180 Å². The van der Waals surface area contributed by atoms with Crippen LogP contribution < -0.4 is 11.1 Å². The molecule has 0 bridgehead atoms. The molecule has 0 saturated heterocycles. The van der Waals surface area contributed by atoms with Crippen LogP contribution in [0.25, 0.3) is 32.9 Å². The number of aromatic nitrogens is 4. The molecule has 1 aliphatic carbocycles. The van der Waals surface area contributed by atoms with E-state index in [1.807, 2.05) is 19.1 Å². The minimum atomic E-state index is -4.40. The van der Waals surface area contributed by atoms with Crippen molar-refractivity contribution in [3.63, 3.8) is 0 Å². The first-order chi connectivity index (χ1) is 15.3. The predicted molar refractivity (Wildman–Crippen MR) is 115 cm³/mol. The van der Waals surface area contributed by atoms with Crippen molar-refractivity contribution in [3.8, 4) is 11.1 Å². The highest BCUT2D eigenvalue weighted by Gasteiger charge is 2.49. The third kappa shape index (κ3) is 3.41. The molecule has 1 aromatic carbocycles. The number of hydrogen-bond acceptors (Lipinski definition) is 6. The molecule has 10 heteroatoms. The minimum Gasteiger partial charge on any atom is -0.368 e. The van der Waals surface area contributed by atoms with Gasteiger partial charge in [-0.3, -0.25) is 4.79 Å². The number of fused-ring (bicyclic) bond motifs is 3. The number of anilines is 2. The molecule has 32 heavy (non-hydrogen) atoms. The third-order valence-corrected chi connectivity index (χ3v) is 5.85. The number of nitrogens with two attached hydrogens (primary N) is 1. The fourth-order valence-corrected chi connectivity index (χ4v) is 4.11. The van der Waals surface area contributed by atoms with Crippen LogP contribution in [0, 0.1) is 12.8 Å². The largest absolute Gasteiger partial charge is 0.408 e. The highest BCUT2D eigenvalue weighted by atomic mass is 19.4. The summed E-state index contributed by atoms with van der Waals surface area (Å²) in [5, 5.41) is 3.75. The zero-order chi connectivity index (χ0) is 22.6. The number of carbonyl (C=O) groups excluding carboxylic acids is 1. The monoisotopic (exact) mass is 440 g/mol. The lowest BCUT2D eigenvalue weighted by Gasteiger charge is -2.22. The summed E-state index contributed by atoms with van der Waals surface area (Å²) in [4.78, 5) is 27.0. The van der Waals surface area contributed by atoms with Gasteiger partial charge in [-0.05, 0) is 48.9 Å². The molecule has 0 spiro atoms. The number of pyridine rings is 1. The van der Waals surface area contributed by atoms with Gasteiger partial charge >= 0.3 is 6.18 Å². The van der Waals surface area contributed by atoms with Crippen LogP contribution in [0.1, 0.15) is 28.8 Å². The van der Waals surface area contributed by atoms with Crippen molar-refractivity contribution >= 4 is 39.9 Å². The number of benzene rings is 1. The standard InChI is InChI=1S/C22H19F3N6O/c1-10-4-15-16(5-14(10)12-6-28-21(26)29-7-12)30-18-13(9-32)8-27-20(17(15)18)31-19(11-2-3-11)22(23,24)25/h4-9,11,19,30H,2-3H2,1H3,(H,27,31)(H2,26,28,29). The first-order valence-corrected chi connectivity index (χ1v) is 10.1. The fraction of sp³-hybridized carbons (Fsp3) is 0.273. The Morgan fingerprint density at radius 1 is 1.19 bits per heavy atom. The molecule has 4 aromatic rings. The Hall–Kier alpha value is -3.69. The second-order valence-electron chi connectivity index (χ2n) is 8.10. The normalized spacial score (nSPS) is 15.2. The van der Waals surface area contributed by atoms with Crippen LogP contribution in [0.15, 0.2) is 30.7 Å². The molecule has 4 N–H and O–H groups in total. The summed E-state index contributed by atoms with van der Waals surface area (Å²) in [6.45, 7) is 1.89. The topological polar surface area (TPSA) is 110 Å². The van der Waals surface area contributed by atoms with E-state index in [1.165, 1.54) is 6.20 Å². The Morgan fingerprint density at radius 2 is 1.91 bits per heavy atom. The summed E-state index contributed by atoms with van der Waals surface area (Å²) in [7, 11) is 0. The zero-order valence-electron chi connectivity index (χ0n) is 17.0. The molecule has 0 radical (unpaired) electrons.